The summed E-state index contributed by atoms with van der Waals surface area (Å²) in [6.07, 6.45) is 84.6. The monoisotopic (exact) mass is 1090 g/mol. The van der Waals surface area contributed by atoms with Crippen molar-refractivity contribution in [3.05, 3.63) is 109 Å². The zero-order chi connectivity index (χ0) is 56.3. The second-order valence-electron chi connectivity index (χ2n) is 22.4. The van der Waals surface area contributed by atoms with Crippen molar-refractivity contribution in [1.82, 2.24) is 5.32 Å². The van der Waals surface area contributed by atoms with Crippen LogP contribution in [-0.4, -0.2) is 68.5 Å². The van der Waals surface area contributed by atoms with Gasteiger partial charge in [-0.05, 0) is 83.5 Å². The Kier molecular flexibility index (Phi) is 55.7. The number of phosphoric acid groups is 1. The number of aliphatic hydroxyl groups is 1. The van der Waals surface area contributed by atoms with Crippen LogP contribution in [0.15, 0.2) is 109 Å². The minimum atomic E-state index is -4.61. The second kappa shape index (κ2) is 57.8. The number of amides is 1. The van der Waals surface area contributed by atoms with Gasteiger partial charge in [0.1, 0.15) is 13.2 Å². The van der Waals surface area contributed by atoms with Crippen LogP contribution in [0.2, 0.25) is 0 Å². The molecule has 0 rings (SSSR count). The summed E-state index contributed by atoms with van der Waals surface area (Å²) in [5, 5.41) is 13.9. The van der Waals surface area contributed by atoms with Crippen LogP contribution >= 0.6 is 7.82 Å². The van der Waals surface area contributed by atoms with Crippen LogP contribution in [-0.2, 0) is 18.4 Å². The molecule has 0 spiro atoms. The highest BCUT2D eigenvalue weighted by Crippen LogP contribution is 2.38. The number of carbonyl (C=O) groups is 1. The first-order valence-corrected chi connectivity index (χ1v) is 33.2. The molecule has 0 aromatic rings. The summed E-state index contributed by atoms with van der Waals surface area (Å²) in [7, 11) is 1.25. The second-order valence-corrected chi connectivity index (χ2v) is 23.8. The predicted octanol–water partition coefficient (Wildman–Crippen LogP) is 19.3. The number of nitrogens with one attached hydrogen (secondary N) is 1. The number of hydrogen-bond acceptors (Lipinski definition) is 6. The summed E-state index contributed by atoms with van der Waals surface area (Å²) >= 11 is 0. The molecule has 0 fully saturated rings. The van der Waals surface area contributed by atoms with Gasteiger partial charge in [-0.25, -0.2) is 0 Å². The number of likely N-dealkylation sites (N-methyl/N-ethyl adjacent to an activating group) is 1. The molecule has 0 saturated carbocycles. The molecule has 444 valence electrons. The number of carbonyl (C=O) groups excluding carboxylic acids is 1. The maximum Gasteiger partial charge on any atom is 0.268 e. The highest BCUT2D eigenvalue weighted by molar-refractivity contribution is 7.45. The maximum absolute atomic E-state index is 13.0. The molecule has 0 heterocycles. The fraction of sp³-hybridized carbons (Fsp3) is 0.721. The first-order valence-electron chi connectivity index (χ1n) is 31.7. The molecular weight excluding hydrogens is 972 g/mol. The van der Waals surface area contributed by atoms with Crippen molar-refractivity contribution < 1.29 is 32.9 Å². The van der Waals surface area contributed by atoms with Crippen molar-refractivity contribution in [3.63, 3.8) is 0 Å². The molecule has 0 radical (unpaired) electrons. The first kappa shape index (κ1) is 74.2. The van der Waals surface area contributed by atoms with E-state index in [9.17, 15) is 19.4 Å². The third kappa shape index (κ3) is 60.6. The minimum Gasteiger partial charge on any atom is -0.756 e. The van der Waals surface area contributed by atoms with Gasteiger partial charge in [-0.3, -0.25) is 9.36 Å². The quantitative estimate of drug-likeness (QED) is 0.0272. The fourth-order valence-electron chi connectivity index (χ4n) is 8.82. The van der Waals surface area contributed by atoms with E-state index < -0.39 is 20.0 Å². The van der Waals surface area contributed by atoms with Gasteiger partial charge in [0.25, 0.3) is 7.82 Å². The largest absolute Gasteiger partial charge is 0.756 e. The lowest BCUT2D eigenvalue weighted by Gasteiger charge is -2.29. The van der Waals surface area contributed by atoms with Crippen molar-refractivity contribution in [1.29, 1.82) is 0 Å². The van der Waals surface area contributed by atoms with Gasteiger partial charge in [-0.15, -0.1) is 0 Å². The van der Waals surface area contributed by atoms with Gasteiger partial charge in [0, 0.05) is 6.42 Å². The molecule has 77 heavy (non-hydrogen) atoms. The van der Waals surface area contributed by atoms with Gasteiger partial charge in [0.2, 0.25) is 5.91 Å². The van der Waals surface area contributed by atoms with Gasteiger partial charge >= 0.3 is 0 Å². The highest BCUT2D eigenvalue weighted by atomic mass is 31.2. The van der Waals surface area contributed by atoms with E-state index in [1.807, 2.05) is 27.2 Å². The third-order valence-corrected chi connectivity index (χ3v) is 14.7. The van der Waals surface area contributed by atoms with Crippen molar-refractivity contribution in [2.24, 2.45) is 0 Å². The van der Waals surface area contributed by atoms with Crippen molar-refractivity contribution >= 4 is 13.7 Å². The third-order valence-electron chi connectivity index (χ3n) is 13.7. The van der Waals surface area contributed by atoms with Crippen LogP contribution in [0, 0.1) is 0 Å². The van der Waals surface area contributed by atoms with E-state index in [1.54, 1.807) is 6.08 Å². The lowest BCUT2D eigenvalue weighted by atomic mass is 10.0. The summed E-state index contributed by atoms with van der Waals surface area (Å²) in [5.41, 5.74) is 0. The summed E-state index contributed by atoms with van der Waals surface area (Å²) < 4.78 is 23.4. The van der Waals surface area contributed by atoms with E-state index >= 15 is 0 Å². The van der Waals surface area contributed by atoms with Gasteiger partial charge in [-0.1, -0.05) is 284 Å². The average molecular weight is 1090 g/mol. The SMILES string of the molecule is CC/C=C\C/C=C\C/C=C\C/C=C\C/C=C\C/C=C\C/C=C\C/C=C\CCCCCCCCCCCCC(=O)NC(COP(=O)([O-])OCC[N+](C)(C)C)C(O)/C=C/CCCCCCCCCCCCCCCCCCCC. The van der Waals surface area contributed by atoms with Gasteiger partial charge < -0.3 is 28.8 Å². The summed E-state index contributed by atoms with van der Waals surface area (Å²) in [6, 6.07) is -0.897. The summed E-state index contributed by atoms with van der Waals surface area (Å²) in [4.78, 5) is 25.6. The van der Waals surface area contributed by atoms with Crippen molar-refractivity contribution in [2.75, 3.05) is 40.9 Å². The Hall–Kier alpha value is -2.84. The molecule has 0 aliphatic rings. The number of hydrogen-bond donors (Lipinski definition) is 2. The molecule has 0 aliphatic heterocycles. The van der Waals surface area contributed by atoms with Gasteiger partial charge in [0.05, 0.1) is 39.9 Å². The molecule has 0 aromatic heterocycles. The highest BCUT2D eigenvalue weighted by Gasteiger charge is 2.23. The molecule has 0 saturated heterocycles. The predicted molar refractivity (Wildman–Crippen MR) is 334 cm³/mol. The number of allylic oxidation sites excluding steroid dienone is 17. The average Bonchev–Trinajstić information content (AvgIpc) is 3.39. The number of quaternary nitrogens is 1. The Morgan fingerprint density at radius 1 is 0.468 bits per heavy atom. The standard InChI is InChI=1S/C68H121N2O6P/c1-6-8-10-12-14-16-18-20-22-24-26-28-29-30-31-32-33-34-35-36-37-38-39-40-41-42-44-46-48-50-52-54-56-58-60-62-68(72)69-66(65-76-77(73,74)75-64-63-70(3,4)5)67(71)61-59-57-55-53-51-49-47-45-43-27-25-23-21-19-17-15-13-11-9-7-2/h8,10,14,16,20,22,26,28,30-31,33-34,36-37,39-40,59,61,66-67,71H,6-7,9,11-13,15,17-19,21,23-25,27,29,32,35,38,41-58,60,62-65H2,1-5H3,(H-,69,72,73,74)/b10-8-,16-14-,22-20-,28-26-,31-30-,34-33-,37-36-,40-39-,61-59+. The van der Waals surface area contributed by atoms with E-state index in [0.717, 1.165) is 96.3 Å². The Bertz CT molecular complexity index is 1620. The normalized spacial score (nSPS) is 14.5. The number of unbranched alkanes of at least 4 members (excludes halogenated alkanes) is 28. The van der Waals surface area contributed by atoms with Crippen LogP contribution in [0.25, 0.3) is 0 Å². The Labute approximate surface area is 476 Å². The maximum atomic E-state index is 13.0. The zero-order valence-electron chi connectivity index (χ0n) is 50.6. The molecule has 8 nitrogen and oxygen atoms in total. The van der Waals surface area contributed by atoms with E-state index in [-0.39, 0.29) is 19.1 Å². The lowest BCUT2D eigenvalue weighted by molar-refractivity contribution is -0.870. The Balaban J connectivity index is 4.16. The van der Waals surface area contributed by atoms with Gasteiger partial charge in [-0.2, -0.15) is 0 Å². The smallest absolute Gasteiger partial charge is 0.268 e. The number of nitrogens with zero attached hydrogens (tertiary/aromatic N) is 1. The topological polar surface area (TPSA) is 108 Å². The first-order chi connectivity index (χ1) is 37.5. The lowest BCUT2D eigenvalue weighted by Crippen LogP contribution is -2.45. The summed E-state index contributed by atoms with van der Waals surface area (Å²) in [6.45, 7) is 4.54. The minimum absolute atomic E-state index is 0.00618. The molecule has 2 N–H and O–H groups in total. The van der Waals surface area contributed by atoms with Crippen molar-refractivity contribution in [2.45, 2.75) is 276 Å². The Morgan fingerprint density at radius 2 is 0.792 bits per heavy atom. The molecular formula is C68H121N2O6P. The number of phosphoric ester groups is 1. The Morgan fingerprint density at radius 3 is 1.16 bits per heavy atom. The van der Waals surface area contributed by atoms with Crippen LogP contribution < -0.4 is 10.2 Å². The van der Waals surface area contributed by atoms with Crippen LogP contribution in [0.4, 0.5) is 0 Å². The number of rotatable bonds is 57. The summed E-state index contributed by atoms with van der Waals surface area (Å²) in [5.74, 6) is -0.204. The molecule has 0 bridgehead atoms. The molecule has 0 aliphatic carbocycles. The van der Waals surface area contributed by atoms with E-state index in [0.29, 0.717) is 17.4 Å². The number of aliphatic hydroxyl groups excluding tert-OH is 1. The molecule has 1 amide bonds. The van der Waals surface area contributed by atoms with E-state index in [4.69, 9.17) is 9.05 Å². The van der Waals surface area contributed by atoms with E-state index in [1.165, 1.54) is 148 Å². The molecule has 9 heteroatoms. The van der Waals surface area contributed by atoms with Gasteiger partial charge in [0.15, 0.2) is 0 Å². The van der Waals surface area contributed by atoms with Crippen LogP contribution in [0.1, 0.15) is 264 Å². The molecule has 0 aromatic carbocycles. The molecule has 3 unspecified atom stereocenters. The molecule has 3 atom stereocenters. The fourth-order valence-corrected chi connectivity index (χ4v) is 9.54. The zero-order valence-corrected chi connectivity index (χ0v) is 51.5. The van der Waals surface area contributed by atoms with Crippen LogP contribution in [0.3, 0.4) is 0 Å². The van der Waals surface area contributed by atoms with Crippen LogP contribution in [0.5, 0.6) is 0 Å². The van der Waals surface area contributed by atoms with Crippen molar-refractivity contribution in [3.8, 4) is 0 Å². The van der Waals surface area contributed by atoms with E-state index in [2.05, 4.69) is 116 Å².